The number of imide groups is 1. The van der Waals surface area contributed by atoms with Crippen LogP contribution in [0.3, 0.4) is 0 Å². The molecular formula is C29H18BrF4N3O4S2. The lowest BCUT2D eigenvalue weighted by Crippen LogP contribution is -2.33. The molecule has 1 aromatic heterocycles. The highest BCUT2D eigenvalue weighted by atomic mass is 79.9. The summed E-state index contributed by atoms with van der Waals surface area (Å²) in [7, 11) is 0. The Morgan fingerprint density at radius 1 is 0.953 bits per heavy atom. The zero-order chi connectivity index (χ0) is 30.6. The van der Waals surface area contributed by atoms with Crippen LogP contribution < -0.4 is 15.1 Å². The van der Waals surface area contributed by atoms with E-state index in [1.54, 1.807) is 24.3 Å². The number of hydrogen-bond donors (Lipinski definition) is 1. The van der Waals surface area contributed by atoms with Crippen molar-refractivity contribution in [1.82, 2.24) is 4.57 Å². The van der Waals surface area contributed by atoms with Crippen LogP contribution in [0.4, 0.5) is 28.9 Å². The van der Waals surface area contributed by atoms with E-state index >= 15 is 0 Å². The van der Waals surface area contributed by atoms with Crippen LogP contribution in [0.15, 0.2) is 87.1 Å². The number of fused-ring (bicyclic) bond motifs is 2. The van der Waals surface area contributed by atoms with E-state index in [1.807, 2.05) is 0 Å². The van der Waals surface area contributed by atoms with Crippen molar-refractivity contribution in [2.45, 2.75) is 28.9 Å². The van der Waals surface area contributed by atoms with Crippen LogP contribution in [0.5, 0.6) is 0 Å². The number of aromatic nitrogens is 1. The summed E-state index contributed by atoms with van der Waals surface area (Å²) < 4.78 is 54.9. The number of anilines is 2. The second-order valence-corrected chi connectivity index (χ2v) is 12.9. The van der Waals surface area contributed by atoms with E-state index in [2.05, 4.69) is 21.2 Å². The summed E-state index contributed by atoms with van der Waals surface area (Å²) in [5.74, 6) is -3.93. The van der Waals surface area contributed by atoms with E-state index in [1.165, 1.54) is 22.8 Å². The molecule has 0 saturated carbocycles. The maximum atomic E-state index is 13.8. The molecule has 1 N–H and O–H groups in total. The van der Waals surface area contributed by atoms with Crippen LogP contribution >= 0.6 is 39.0 Å². The minimum atomic E-state index is -4.61. The Balaban J connectivity index is 1.38. The lowest BCUT2D eigenvalue weighted by molar-refractivity contribution is -0.137. The number of rotatable bonds is 5. The molecule has 220 valence electrons. The highest BCUT2D eigenvalue weighted by molar-refractivity contribution is 9.10. The molecule has 14 heteroatoms. The first-order chi connectivity index (χ1) is 20.4. The van der Waals surface area contributed by atoms with Crippen LogP contribution in [0, 0.1) is 11.7 Å². The average molecular weight is 693 g/mol. The number of nitrogens with one attached hydrogen (secondary N) is 1. The fourth-order valence-electron chi connectivity index (χ4n) is 5.28. The molecule has 2 aliphatic heterocycles. The first-order valence-corrected chi connectivity index (χ1v) is 15.2. The first kappa shape index (κ1) is 29.3. The molecular weight excluding hydrogens is 674 g/mol. The van der Waals surface area contributed by atoms with Gasteiger partial charge in [0.25, 0.3) is 0 Å². The summed E-state index contributed by atoms with van der Waals surface area (Å²) in [6, 6.07) is 16.2. The number of thiazole rings is 1. The maximum absolute atomic E-state index is 13.8. The van der Waals surface area contributed by atoms with Gasteiger partial charge in [0, 0.05) is 21.0 Å². The standard InChI is InChI=1S/C29H18BrF4N3O4S2/c30-16-5-1-3-14(11-16)21-22-23(26(40)37(25(22)39)19-9-7-17(31)8-10-19)42-27-24(21)43-28(41)36(27)13-20(38)35-18-6-2-4-15(12-18)29(32,33)34/h1-12,21-23H,13H2,(H,35,38). The first-order valence-electron chi connectivity index (χ1n) is 12.7. The highest BCUT2D eigenvalue weighted by Gasteiger charge is 2.56. The van der Waals surface area contributed by atoms with E-state index in [0.717, 1.165) is 58.3 Å². The third kappa shape index (κ3) is 5.43. The molecule has 3 aromatic carbocycles. The number of carbonyl (C=O) groups excluding carboxylic acids is 3. The number of carbonyl (C=O) groups is 3. The second kappa shape index (κ2) is 11.1. The van der Waals surface area contributed by atoms with Crippen LogP contribution in [0.1, 0.15) is 21.9 Å². The van der Waals surface area contributed by atoms with Crippen molar-refractivity contribution in [3.63, 3.8) is 0 Å². The molecule has 0 bridgehead atoms. The predicted octanol–water partition coefficient (Wildman–Crippen LogP) is 6.26. The Kier molecular flexibility index (Phi) is 7.55. The summed E-state index contributed by atoms with van der Waals surface area (Å²) in [6.07, 6.45) is -4.61. The van der Waals surface area contributed by atoms with Gasteiger partial charge in [-0.15, -0.1) is 0 Å². The minimum absolute atomic E-state index is 0.0943. The van der Waals surface area contributed by atoms with E-state index < -0.39 is 63.8 Å². The Morgan fingerprint density at radius 3 is 2.37 bits per heavy atom. The third-order valence-electron chi connectivity index (χ3n) is 7.12. The van der Waals surface area contributed by atoms with Gasteiger partial charge in [0.05, 0.1) is 22.2 Å². The van der Waals surface area contributed by atoms with Gasteiger partial charge in [-0.3, -0.25) is 23.7 Å². The third-order valence-corrected chi connectivity index (χ3v) is 10.2. The molecule has 0 aliphatic carbocycles. The Labute approximate surface area is 257 Å². The number of benzene rings is 3. The summed E-state index contributed by atoms with van der Waals surface area (Å²) in [5.41, 5.74) is -0.164. The van der Waals surface area contributed by atoms with Crippen molar-refractivity contribution >= 4 is 68.1 Å². The molecule has 43 heavy (non-hydrogen) atoms. The van der Waals surface area contributed by atoms with E-state index in [9.17, 15) is 36.7 Å². The van der Waals surface area contributed by atoms with Crippen molar-refractivity contribution in [2.75, 3.05) is 10.2 Å². The maximum Gasteiger partial charge on any atom is 0.416 e. The quantitative estimate of drug-likeness (QED) is 0.197. The molecule has 4 aromatic rings. The lowest BCUT2D eigenvalue weighted by atomic mass is 9.83. The van der Waals surface area contributed by atoms with Gasteiger partial charge in [0.2, 0.25) is 17.7 Å². The number of halogens is 5. The molecule has 3 atom stereocenters. The van der Waals surface area contributed by atoms with Crippen molar-refractivity contribution in [1.29, 1.82) is 0 Å². The fourth-order valence-corrected chi connectivity index (χ4v) is 8.47. The summed E-state index contributed by atoms with van der Waals surface area (Å²) in [4.78, 5) is 54.7. The molecule has 6 rings (SSSR count). The summed E-state index contributed by atoms with van der Waals surface area (Å²) >= 11 is 5.27. The molecule has 1 fully saturated rings. The second-order valence-electron chi connectivity index (χ2n) is 9.84. The molecule has 2 aliphatic rings. The lowest BCUT2D eigenvalue weighted by Gasteiger charge is -2.30. The van der Waals surface area contributed by atoms with Gasteiger partial charge >= 0.3 is 11.0 Å². The van der Waals surface area contributed by atoms with Gasteiger partial charge in [0.15, 0.2) is 0 Å². The van der Waals surface area contributed by atoms with Crippen molar-refractivity contribution in [3.8, 4) is 0 Å². The van der Waals surface area contributed by atoms with Gasteiger partial charge in [-0.05, 0) is 60.2 Å². The SMILES string of the molecule is O=C(Cn1c2c(sc1=O)C(c1cccc(Br)c1)C1C(=O)N(c3ccc(F)cc3)C(=O)C1S2)Nc1cccc(C(F)(F)F)c1. The van der Waals surface area contributed by atoms with Crippen LogP contribution in [-0.4, -0.2) is 27.5 Å². The number of hydrogen-bond acceptors (Lipinski definition) is 6. The Hall–Kier alpha value is -3.75. The van der Waals surface area contributed by atoms with Crippen LogP contribution in [0.2, 0.25) is 0 Å². The van der Waals surface area contributed by atoms with Gasteiger partial charge in [-0.1, -0.05) is 57.2 Å². The van der Waals surface area contributed by atoms with E-state index in [-0.39, 0.29) is 11.4 Å². The number of nitrogens with zero attached hydrogens (tertiary/aromatic N) is 2. The van der Waals surface area contributed by atoms with Gasteiger partial charge in [-0.2, -0.15) is 13.2 Å². The summed E-state index contributed by atoms with van der Waals surface area (Å²) in [6.45, 7) is -0.527. The largest absolute Gasteiger partial charge is 0.416 e. The normalized spacial score (nSPS) is 19.7. The Bertz CT molecular complexity index is 1840. The number of thioether (sulfide) groups is 1. The fraction of sp³-hybridized carbons (Fsp3) is 0.172. The highest BCUT2D eigenvalue weighted by Crippen LogP contribution is 2.54. The minimum Gasteiger partial charge on any atom is -0.325 e. The molecule has 1 saturated heterocycles. The van der Waals surface area contributed by atoms with Crippen molar-refractivity contribution in [3.05, 3.63) is 109 Å². The number of alkyl halides is 3. The molecule has 0 radical (unpaired) electrons. The van der Waals surface area contributed by atoms with Gasteiger partial charge in [0.1, 0.15) is 17.6 Å². The smallest absolute Gasteiger partial charge is 0.325 e. The predicted molar refractivity (Wildman–Crippen MR) is 157 cm³/mol. The molecule has 7 nitrogen and oxygen atoms in total. The van der Waals surface area contributed by atoms with E-state index in [4.69, 9.17) is 0 Å². The van der Waals surface area contributed by atoms with Gasteiger partial charge < -0.3 is 5.32 Å². The van der Waals surface area contributed by atoms with Crippen LogP contribution in [0.25, 0.3) is 0 Å². The monoisotopic (exact) mass is 691 g/mol. The average Bonchev–Trinajstić information content (AvgIpc) is 3.39. The topological polar surface area (TPSA) is 88.5 Å². The molecule has 3 heterocycles. The van der Waals surface area contributed by atoms with Crippen LogP contribution in [-0.2, 0) is 27.1 Å². The van der Waals surface area contributed by atoms with E-state index in [0.29, 0.717) is 19.9 Å². The number of amides is 3. The van der Waals surface area contributed by atoms with Gasteiger partial charge in [-0.25, -0.2) is 9.29 Å². The van der Waals surface area contributed by atoms with Crippen molar-refractivity contribution in [2.24, 2.45) is 5.92 Å². The molecule has 3 unspecified atom stereocenters. The molecule has 0 spiro atoms. The Morgan fingerprint density at radius 2 is 1.67 bits per heavy atom. The van der Waals surface area contributed by atoms with Crippen molar-refractivity contribution < 1.29 is 31.9 Å². The zero-order valence-corrected chi connectivity index (χ0v) is 24.8. The summed E-state index contributed by atoms with van der Waals surface area (Å²) in [5, 5.41) is 1.77. The zero-order valence-electron chi connectivity index (χ0n) is 21.6. The molecule has 3 amide bonds.